The Bertz CT molecular complexity index is 857. The van der Waals surface area contributed by atoms with Crippen molar-refractivity contribution in [3.8, 4) is 0 Å². The zero-order chi connectivity index (χ0) is 20.5. The van der Waals surface area contributed by atoms with Crippen molar-refractivity contribution < 1.29 is 18.0 Å². The van der Waals surface area contributed by atoms with Crippen molar-refractivity contribution in [2.75, 3.05) is 31.1 Å². The monoisotopic (exact) mass is 414 g/mol. The van der Waals surface area contributed by atoms with Crippen LogP contribution in [0.5, 0.6) is 0 Å². The lowest BCUT2D eigenvalue weighted by atomic mass is 10.1. The lowest BCUT2D eigenvalue weighted by Gasteiger charge is -2.37. The molecule has 1 aliphatic rings. The molecule has 5 nitrogen and oxygen atoms in total. The largest absolute Gasteiger partial charge is 0.436 e. The van der Waals surface area contributed by atoms with Gasteiger partial charge in [-0.1, -0.05) is 36.7 Å². The van der Waals surface area contributed by atoms with Crippen LogP contribution in [0.2, 0.25) is 5.02 Å². The molecule has 1 amide bonds. The molecule has 0 radical (unpaired) electrons. The van der Waals surface area contributed by atoms with Gasteiger partial charge in [-0.25, -0.2) is 0 Å². The van der Waals surface area contributed by atoms with E-state index in [2.05, 4.69) is 29.1 Å². The molecule has 152 valence electrons. The minimum atomic E-state index is -4.64. The molecule has 1 aromatic heterocycles. The molecule has 0 spiro atoms. The van der Waals surface area contributed by atoms with Crippen molar-refractivity contribution in [1.82, 2.24) is 14.7 Å². The maximum atomic E-state index is 12.9. The van der Waals surface area contributed by atoms with Gasteiger partial charge in [0.25, 0.3) is 0 Å². The second kappa shape index (κ2) is 8.03. The Labute approximate surface area is 166 Å². The molecule has 1 aromatic carbocycles. The van der Waals surface area contributed by atoms with Gasteiger partial charge in [-0.05, 0) is 25.0 Å². The number of para-hydroxylation sites is 1. The van der Waals surface area contributed by atoms with E-state index in [9.17, 15) is 18.0 Å². The highest BCUT2D eigenvalue weighted by Gasteiger charge is 2.38. The number of carbonyl (C=O) groups excluding carboxylic acids is 1. The fourth-order valence-corrected chi connectivity index (χ4v) is 3.65. The zero-order valence-electron chi connectivity index (χ0n) is 15.8. The predicted octanol–water partition coefficient (Wildman–Crippen LogP) is 3.77. The molecule has 1 aliphatic heterocycles. The van der Waals surface area contributed by atoms with Gasteiger partial charge in [0.2, 0.25) is 5.91 Å². The number of anilines is 1. The first kappa shape index (κ1) is 20.5. The Hall–Kier alpha value is -2.22. The first-order valence-electron chi connectivity index (χ1n) is 9.13. The quantitative estimate of drug-likeness (QED) is 0.764. The highest BCUT2D eigenvalue weighted by atomic mass is 35.5. The normalized spacial score (nSPS) is 15.2. The maximum Gasteiger partial charge on any atom is 0.436 e. The number of alkyl halides is 3. The highest BCUT2D eigenvalue weighted by Crippen LogP contribution is 2.35. The summed E-state index contributed by atoms with van der Waals surface area (Å²) >= 11 is 5.75. The summed E-state index contributed by atoms with van der Waals surface area (Å²) in [5.74, 6) is -0.264. The third kappa shape index (κ3) is 4.11. The van der Waals surface area contributed by atoms with Gasteiger partial charge in [0.05, 0.1) is 10.7 Å². The van der Waals surface area contributed by atoms with Crippen LogP contribution < -0.4 is 4.90 Å². The van der Waals surface area contributed by atoms with E-state index in [1.807, 2.05) is 12.1 Å². The molecule has 2 aromatic rings. The molecule has 0 aliphatic carbocycles. The van der Waals surface area contributed by atoms with Crippen LogP contribution in [0.1, 0.15) is 23.9 Å². The second-order valence-corrected chi connectivity index (χ2v) is 7.13. The molecule has 0 atom stereocenters. The van der Waals surface area contributed by atoms with Gasteiger partial charge in [-0.15, -0.1) is 0 Å². The smallest absolute Gasteiger partial charge is 0.368 e. The lowest BCUT2D eigenvalue weighted by Crippen LogP contribution is -2.50. The third-order valence-electron chi connectivity index (χ3n) is 5.03. The number of nitrogens with zero attached hydrogens (tertiary/aromatic N) is 4. The van der Waals surface area contributed by atoms with Crippen LogP contribution in [0.15, 0.2) is 24.3 Å². The summed E-state index contributed by atoms with van der Waals surface area (Å²) in [4.78, 5) is 16.5. The molecular weight excluding hydrogens is 393 g/mol. The summed E-state index contributed by atoms with van der Waals surface area (Å²) in [7, 11) is 0. The number of carbonyl (C=O) groups is 1. The van der Waals surface area contributed by atoms with Gasteiger partial charge in [0.15, 0.2) is 5.69 Å². The van der Waals surface area contributed by atoms with E-state index in [1.54, 1.807) is 4.90 Å². The number of piperazine rings is 1. The molecule has 0 bridgehead atoms. The number of halogens is 4. The predicted molar refractivity (Wildman–Crippen MR) is 102 cm³/mol. The van der Waals surface area contributed by atoms with Gasteiger partial charge in [0, 0.05) is 31.9 Å². The lowest BCUT2D eigenvalue weighted by molar-refractivity contribution is -0.142. The summed E-state index contributed by atoms with van der Waals surface area (Å²) < 4.78 is 39.9. The fourth-order valence-electron chi connectivity index (χ4n) is 3.40. The van der Waals surface area contributed by atoms with E-state index in [0.717, 1.165) is 11.1 Å². The minimum absolute atomic E-state index is 0.137. The van der Waals surface area contributed by atoms with Crippen molar-refractivity contribution in [1.29, 1.82) is 0 Å². The number of hydrogen-bond acceptors (Lipinski definition) is 3. The molecule has 9 heteroatoms. The first-order valence-corrected chi connectivity index (χ1v) is 9.51. The summed E-state index contributed by atoms with van der Waals surface area (Å²) in [6.45, 7) is 5.65. The van der Waals surface area contributed by atoms with Crippen LogP contribution in [0.4, 0.5) is 18.9 Å². The van der Waals surface area contributed by atoms with Crippen LogP contribution in [0, 0.1) is 6.92 Å². The van der Waals surface area contributed by atoms with Gasteiger partial charge in [-0.2, -0.15) is 18.3 Å². The number of amides is 1. The maximum absolute atomic E-state index is 12.9. The molecule has 2 heterocycles. The molecule has 3 rings (SSSR count). The van der Waals surface area contributed by atoms with Crippen LogP contribution in [0.3, 0.4) is 0 Å². The van der Waals surface area contributed by atoms with Crippen LogP contribution >= 0.6 is 11.6 Å². The minimum Gasteiger partial charge on any atom is -0.368 e. The van der Waals surface area contributed by atoms with Crippen molar-refractivity contribution in [2.45, 2.75) is 33.0 Å². The number of rotatable bonds is 4. The van der Waals surface area contributed by atoms with Crippen LogP contribution in [-0.4, -0.2) is 46.8 Å². The number of aryl methyl sites for hydroxylation is 1. The average molecular weight is 415 g/mol. The van der Waals surface area contributed by atoms with Crippen molar-refractivity contribution in [3.05, 3.63) is 46.2 Å². The van der Waals surface area contributed by atoms with E-state index < -0.39 is 16.9 Å². The molecule has 0 unspecified atom stereocenters. The van der Waals surface area contributed by atoms with E-state index in [-0.39, 0.29) is 18.1 Å². The van der Waals surface area contributed by atoms with Crippen molar-refractivity contribution >= 4 is 23.2 Å². The molecule has 0 saturated carbocycles. The van der Waals surface area contributed by atoms with E-state index in [0.29, 0.717) is 26.2 Å². The van der Waals surface area contributed by atoms with Gasteiger partial charge in [0.1, 0.15) is 6.54 Å². The summed E-state index contributed by atoms with van der Waals surface area (Å²) in [5.41, 5.74) is 1.41. The third-order valence-corrected chi connectivity index (χ3v) is 5.49. The highest BCUT2D eigenvalue weighted by molar-refractivity contribution is 6.32. The molecule has 0 N–H and O–H groups in total. The van der Waals surface area contributed by atoms with Gasteiger partial charge in [-0.3, -0.25) is 9.48 Å². The number of benzene rings is 1. The molecule has 28 heavy (non-hydrogen) atoms. The Morgan fingerprint density at radius 2 is 1.82 bits per heavy atom. The summed E-state index contributed by atoms with van der Waals surface area (Å²) in [6, 6.07) is 8.17. The van der Waals surface area contributed by atoms with Crippen molar-refractivity contribution in [2.24, 2.45) is 0 Å². The second-order valence-electron chi connectivity index (χ2n) is 6.75. The molecule has 1 saturated heterocycles. The molecule has 1 fully saturated rings. The topological polar surface area (TPSA) is 41.4 Å². The average Bonchev–Trinajstić information content (AvgIpc) is 2.96. The van der Waals surface area contributed by atoms with Gasteiger partial charge >= 0.3 is 6.18 Å². The Morgan fingerprint density at radius 1 is 1.18 bits per heavy atom. The standard InChI is InChI=1S/C19H22ClF3N4O/c1-3-14-6-4-5-7-15(14)25-8-10-26(11-9-25)16(28)12-27-13(2)17(20)18(24-27)19(21,22)23/h4-7H,3,8-12H2,1-2H3. The van der Waals surface area contributed by atoms with Crippen molar-refractivity contribution in [3.63, 3.8) is 0 Å². The Morgan fingerprint density at radius 3 is 2.39 bits per heavy atom. The molecular formula is C19H22ClF3N4O. The van der Waals surface area contributed by atoms with E-state index in [4.69, 9.17) is 11.6 Å². The van der Waals surface area contributed by atoms with Gasteiger partial charge < -0.3 is 9.80 Å². The fraction of sp³-hybridized carbons (Fsp3) is 0.474. The Balaban J connectivity index is 1.65. The van der Waals surface area contributed by atoms with Crippen LogP contribution in [0.25, 0.3) is 0 Å². The summed E-state index contributed by atoms with van der Waals surface area (Å²) in [5, 5.41) is 3.05. The first-order chi connectivity index (χ1) is 13.2. The SMILES string of the molecule is CCc1ccccc1N1CCN(C(=O)Cn2nc(C(F)(F)F)c(Cl)c2C)CC1. The number of aromatic nitrogens is 2. The van der Waals surface area contributed by atoms with E-state index in [1.165, 1.54) is 18.2 Å². The Kier molecular flexibility index (Phi) is 5.88. The zero-order valence-corrected chi connectivity index (χ0v) is 16.5. The van der Waals surface area contributed by atoms with E-state index >= 15 is 0 Å². The summed E-state index contributed by atoms with van der Waals surface area (Å²) in [6.07, 6.45) is -3.72. The van der Waals surface area contributed by atoms with Crippen LogP contribution in [-0.2, 0) is 23.9 Å². The number of hydrogen-bond donors (Lipinski definition) is 0.